The first-order chi connectivity index (χ1) is 15.5. The Balaban J connectivity index is 1.32. The molecule has 0 saturated carbocycles. The highest BCUT2D eigenvalue weighted by atomic mass is 16.5. The molecule has 1 atom stereocenters. The molecule has 0 spiro atoms. The van der Waals surface area contributed by atoms with Crippen molar-refractivity contribution < 1.29 is 19.1 Å². The summed E-state index contributed by atoms with van der Waals surface area (Å²) in [5.74, 6) is -0.962. The molecule has 1 aromatic heterocycles. The summed E-state index contributed by atoms with van der Waals surface area (Å²) in [5.41, 5.74) is 7.18. The number of hydrazine groups is 1. The molecule has 1 aliphatic rings. The van der Waals surface area contributed by atoms with E-state index in [1.54, 1.807) is 35.2 Å². The second-order valence-corrected chi connectivity index (χ2v) is 7.31. The van der Waals surface area contributed by atoms with Crippen LogP contribution in [-0.4, -0.2) is 41.1 Å². The minimum atomic E-state index is -0.573. The number of benzene rings is 2. The van der Waals surface area contributed by atoms with Crippen LogP contribution in [0.25, 0.3) is 11.3 Å². The Kier molecular flexibility index (Phi) is 6.16. The van der Waals surface area contributed by atoms with Gasteiger partial charge in [-0.05, 0) is 37.3 Å². The minimum Gasteiger partial charge on any atom is -0.494 e. The lowest BCUT2D eigenvalue weighted by Crippen LogP contribution is -2.45. The summed E-state index contributed by atoms with van der Waals surface area (Å²) in [7, 11) is 0. The van der Waals surface area contributed by atoms with Crippen molar-refractivity contribution in [3.8, 4) is 17.0 Å². The fraction of sp³-hybridized carbons (Fsp3) is 0.217. The van der Waals surface area contributed by atoms with Gasteiger partial charge >= 0.3 is 0 Å². The maximum atomic E-state index is 12.5. The third-order valence-electron chi connectivity index (χ3n) is 5.15. The molecule has 3 N–H and O–H groups in total. The summed E-state index contributed by atoms with van der Waals surface area (Å²) in [6, 6.07) is 18.2. The number of rotatable bonds is 6. The highest BCUT2D eigenvalue weighted by Crippen LogP contribution is 2.27. The Morgan fingerprint density at radius 2 is 1.88 bits per heavy atom. The number of amides is 3. The Hall–Kier alpha value is -4.14. The van der Waals surface area contributed by atoms with Crippen molar-refractivity contribution in [2.24, 2.45) is 5.92 Å². The number of H-pyrrole nitrogens is 1. The van der Waals surface area contributed by atoms with E-state index in [0.717, 1.165) is 5.56 Å². The van der Waals surface area contributed by atoms with E-state index < -0.39 is 17.7 Å². The Morgan fingerprint density at radius 1 is 1.12 bits per heavy atom. The summed E-state index contributed by atoms with van der Waals surface area (Å²) in [6.07, 6.45) is 0.0666. The zero-order valence-corrected chi connectivity index (χ0v) is 17.5. The fourth-order valence-electron chi connectivity index (χ4n) is 3.50. The Bertz CT molecular complexity index is 1110. The predicted molar refractivity (Wildman–Crippen MR) is 118 cm³/mol. The summed E-state index contributed by atoms with van der Waals surface area (Å²) in [6.45, 7) is 2.69. The second-order valence-electron chi connectivity index (χ2n) is 7.31. The van der Waals surface area contributed by atoms with Gasteiger partial charge in [0.2, 0.25) is 11.8 Å². The molecule has 32 heavy (non-hydrogen) atoms. The van der Waals surface area contributed by atoms with Crippen LogP contribution in [0, 0.1) is 5.92 Å². The van der Waals surface area contributed by atoms with Gasteiger partial charge in [-0.3, -0.25) is 30.3 Å². The van der Waals surface area contributed by atoms with Crippen molar-refractivity contribution in [3.05, 3.63) is 66.4 Å². The zero-order chi connectivity index (χ0) is 22.5. The van der Waals surface area contributed by atoms with Crippen molar-refractivity contribution in [3.63, 3.8) is 0 Å². The minimum absolute atomic E-state index is 0.0666. The van der Waals surface area contributed by atoms with E-state index in [2.05, 4.69) is 21.0 Å². The second kappa shape index (κ2) is 9.34. The standard InChI is InChI=1S/C23H23N5O4/c1-2-32-18-10-8-17(9-11-18)28-14-16(12-21(28)29)22(30)26-27-23(31)20-13-19(24-25-20)15-6-4-3-5-7-15/h3-11,13,16H,2,12,14H2,1H3,(H,24,25)(H,26,30)(H,27,31)/t16-/m1/s1. The van der Waals surface area contributed by atoms with E-state index in [0.29, 0.717) is 23.7 Å². The van der Waals surface area contributed by atoms with Gasteiger partial charge in [-0.2, -0.15) is 5.10 Å². The maximum Gasteiger partial charge on any atom is 0.287 e. The molecule has 1 aliphatic heterocycles. The summed E-state index contributed by atoms with van der Waals surface area (Å²) in [4.78, 5) is 38.8. The Morgan fingerprint density at radius 3 is 2.59 bits per heavy atom. The smallest absolute Gasteiger partial charge is 0.287 e. The van der Waals surface area contributed by atoms with Crippen LogP contribution < -0.4 is 20.5 Å². The number of ether oxygens (including phenoxy) is 1. The van der Waals surface area contributed by atoms with Gasteiger partial charge in [-0.15, -0.1) is 0 Å². The largest absolute Gasteiger partial charge is 0.494 e. The number of carbonyl (C=O) groups is 3. The van der Waals surface area contributed by atoms with Crippen LogP contribution in [0.2, 0.25) is 0 Å². The number of aromatic nitrogens is 2. The molecule has 4 rings (SSSR count). The molecule has 0 bridgehead atoms. The molecule has 9 nitrogen and oxygen atoms in total. The predicted octanol–water partition coefficient (Wildman–Crippen LogP) is 2.29. The average molecular weight is 433 g/mol. The molecule has 3 aromatic rings. The molecular formula is C23H23N5O4. The third kappa shape index (κ3) is 4.61. The molecule has 0 radical (unpaired) electrons. The highest BCUT2D eigenvalue weighted by Gasteiger charge is 2.35. The lowest BCUT2D eigenvalue weighted by Gasteiger charge is -2.17. The number of anilines is 1. The first-order valence-electron chi connectivity index (χ1n) is 10.3. The summed E-state index contributed by atoms with van der Waals surface area (Å²) >= 11 is 0. The molecule has 2 heterocycles. The van der Waals surface area contributed by atoms with Crippen LogP contribution >= 0.6 is 0 Å². The van der Waals surface area contributed by atoms with Gasteiger partial charge in [0.05, 0.1) is 18.2 Å². The van der Waals surface area contributed by atoms with Crippen molar-refractivity contribution in [1.82, 2.24) is 21.0 Å². The van der Waals surface area contributed by atoms with Crippen LogP contribution in [0.4, 0.5) is 5.69 Å². The fourth-order valence-corrected chi connectivity index (χ4v) is 3.50. The zero-order valence-electron chi connectivity index (χ0n) is 17.5. The van der Waals surface area contributed by atoms with E-state index in [1.165, 1.54) is 0 Å². The summed E-state index contributed by atoms with van der Waals surface area (Å²) in [5, 5.41) is 6.78. The van der Waals surface area contributed by atoms with Gasteiger partial charge in [-0.1, -0.05) is 30.3 Å². The van der Waals surface area contributed by atoms with E-state index >= 15 is 0 Å². The third-order valence-corrected chi connectivity index (χ3v) is 5.15. The molecular weight excluding hydrogens is 410 g/mol. The van der Waals surface area contributed by atoms with E-state index in [4.69, 9.17) is 4.74 Å². The molecule has 0 unspecified atom stereocenters. The monoisotopic (exact) mass is 433 g/mol. The molecule has 0 aliphatic carbocycles. The molecule has 3 amide bonds. The summed E-state index contributed by atoms with van der Waals surface area (Å²) < 4.78 is 5.41. The number of nitrogens with one attached hydrogen (secondary N) is 3. The maximum absolute atomic E-state index is 12.5. The number of hydrogen-bond acceptors (Lipinski definition) is 5. The van der Waals surface area contributed by atoms with Gasteiger partial charge in [0.1, 0.15) is 11.4 Å². The van der Waals surface area contributed by atoms with Gasteiger partial charge in [0.25, 0.3) is 5.91 Å². The van der Waals surface area contributed by atoms with Crippen LogP contribution in [-0.2, 0) is 9.59 Å². The van der Waals surface area contributed by atoms with E-state index in [-0.39, 0.29) is 24.6 Å². The quantitative estimate of drug-likeness (QED) is 0.516. The van der Waals surface area contributed by atoms with Crippen molar-refractivity contribution in [2.45, 2.75) is 13.3 Å². The molecule has 9 heteroatoms. The SMILES string of the molecule is CCOc1ccc(N2C[C@H](C(=O)NNC(=O)c3cc(-c4ccccc4)n[nH]3)CC2=O)cc1. The average Bonchev–Trinajstić information content (AvgIpc) is 3.46. The van der Waals surface area contributed by atoms with Crippen LogP contribution in [0.3, 0.4) is 0 Å². The molecule has 1 fully saturated rings. The van der Waals surface area contributed by atoms with E-state index in [9.17, 15) is 14.4 Å². The molecule has 1 saturated heterocycles. The number of aromatic amines is 1. The van der Waals surface area contributed by atoms with Gasteiger partial charge < -0.3 is 9.64 Å². The lowest BCUT2D eigenvalue weighted by molar-refractivity contribution is -0.126. The number of carbonyl (C=O) groups excluding carboxylic acids is 3. The Labute approximate surface area is 184 Å². The first-order valence-corrected chi connectivity index (χ1v) is 10.3. The van der Waals surface area contributed by atoms with Crippen molar-refractivity contribution in [1.29, 1.82) is 0 Å². The van der Waals surface area contributed by atoms with Crippen LogP contribution in [0.1, 0.15) is 23.8 Å². The van der Waals surface area contributed by atoms with Crippen LogP contribution in [0.15, 0.2) is 60.7 Å². The number of nitrogens with zero attached hydrogens (tertiary/aromatic N) is 2. The number of hydrogen-bond donors (Lipinski definition) is 3. The molecule has 164 valence electrons. The lowest BCUT2D eigenvalue weighted by atomic mass is 10.1. The highest BCUT2D eigenvalue weighted by molar-refractivity contribution is 6.01. The van der Waals surface area contributed by atoms with Gasteiger partial charge in [0.15, 0.2) is 0 Å². The van der Waals surface area contributed by atoms with Gasteiger partial charge in [-0.25, -0.2) is 0 Å². The normalized spacial score (nSPS) is 15.5. The van der Waals surface area contributed by atoms with Crippen LogP contribution in [0.5, 0.6) is 5.75 Å². The topological polar surface area (TPSA) is 116 Å². The first kappa shape index (κ1) is 21.1. The van der Waals surface area contributed by atoms with Crippen molar-refractivity contribution >= 4 is 23.4 Å². The van der Waals surface area contributed by atoms with Gasteiger partial charge in [0, 0.05) is 24.2 Å². The van der Waals surface area contributed by atoms with E-state index in [1.807, 2.05) is 37.3 Å². The van der Waals surface area contributed by atoms with Crippen molar-refractivity contribution in [2.75, 3.05) is 18.1 Å². The molecule has 2 aromatic carbocycles.